The monoisotopic (exact) mass is 403 g/mol. The molecule has 5 heteroatoms. The topological polar surface area (TPSA) is 61.4 Å². The van der Waals surface area contributed by atoms with Crippen LogP contribution in [0.1, 0.15) is 11.1 Å². The average molecular weight is 404 g/mol. The highest BCUT2D eigenvalue weighted by molar-refractivity contribution is 5.91. The Bertz CT molecular complexity index is 998. The van der Waals surface area contributed by atoms with E-state index in [1.54, 1.807) is 26.0 Å². The normalized spacial score (nSPS) is 12.9. The van der Waals surface area contributed by atoms with Crippen LogP contribution in [0.5, 0.6) is 0 Å². The van der Waals surface area contributed by atoms with E-state index in [2.05, 4.69) is 34.9 Å². The molecule has 2 unspecified atom stereocenters. The Morgan fingerprint density at radius 1 is 0.867 bits per heavy atom. The number of rotatable bonds is 8. The molecule has 5 nitrogen and oxygen atoms in total. The van der Waals surface area contributed by atoms with Crippen molar-refractivity contribution >= 4 is 22.6 Å². The summed E-state index contributed by atoms with van der Waals surface area (Å²) in [5.74, 6) is -0.273. The molecule has 0 aliphatic rings. The van der Waals surface area contributed by atoms with Crippen molar-refractivity contribution < 1.29 is 9.59 Å². The zero-order chi connectivity index (χ0) is 21.5. The van der Waals surface area contributed by atoms with Gasteiger partial charge in [0.2, 0.25) is 11.8 Å². The van der Waals surface area contributed by atoms with E-state index in [4.69, 9.17) is 0 Å². The Morgan fingerprint density at radius 3 is 2.23 bits per heavy atom. The first-order valence-corrected chi connectivity index (χ1v) is 10.2. The van der Waals surface area contributed by atoms with Crippen LogP contribution in [0.2, 0.25) is 0 Å². The second-order valence-corrected chi connectivity index (χ2v) is 7.45. The largest absolute Gasteiger partial charge is 0.357 e. The van der Waals surface area contributed by atoms with E-state index < -0.39 is 12.1 Å². The quantitative estimate of drug-likeness (QED) is 0.608. The summed E-state index contributed by atoms with van der Waals surface area (Å²) < 4.78 is 0. The van der Waals surface area contributed by atoms with Crippen LogP contribution in [0.3, 0.4) is 0 Å². The first-order chi connectivity index (χ1) is 14.5. The molecular formula is C25H29N3O2. The van der Waals surface area contributed by atoms with Gasteiger partial charge in [-0.05, 0) is 35.4 Å². The predicted molar refractivity (Wildman–Crippen MR) is 121 cm³/mol. The maximum Gasteiger partial charge on any atom is 0.242 e. The summed E-state index contributed by atoms with van der Waals surface area (Å²) >= 11 is 0. The van der Waals surface area contributed by atoms with Crippen molar-refractivity contribution in [3.05, 3.63) is 83.9 Å². The third-order valence-corrected chi connectivity index (χ3v) is 5.59. The van der Waals surface area contributed by atoms with Crippen molar-refractivity contribution in [3.8, 4) is 0 Å². The van der Waals surface area contributed by atoms with Crippen molar-refractivity contribution in [1.29, 1.82) is 0 Å². The third kappa shape index (κ3) is 4.86. The summed E-state index contributed by atoms with van der Waals surface area (Å²) in [6, 6.07) is 23.1. The molecule has 0 radical (unpaired) electrons. The van der Waals surface area contributed by atoms with Gasteiger partial charge in [-0.3, -0.25) is 9.59 Å². The fourth-order valence-electron chi connectivity index (χ4n) is 3.81. The van der Waals surface area contributed by atoms with E-state index in [1.165, 1.54) is 0 Å². The van der Waals surface area contributed by atoms with Gasteiger partial charge >= 0.3 is 0 Å². The fourth-order valence-corrected chi connectivity index (χ4v) is 3.81. The van der Waals surface area contributed by atoms with Crippen LogP contribution in [0.25, 0.3) is 10.8 Å². The number of nitrogens with one attached hydrogen (secondary N) is 2. The van der Waals surface area contributed by atoms with E-state index in [0.29, 0.717) is 12.8 Å². The Hall–Kier alpha value is -3.18. The van der Waals surface area contributed by atoms with Crippen LogP contribution < -0.4 is 10.6 Å². The smallest absolute Gasteiger partial charge is 0.242 e. The molecule has 2 atom stereocenters. The van der Waals surface area contributed by atoms with Gasteiger partial charge in [0.1, 0.15) is 6.04 Å². The van der Waals surface area contributed by atoms with Crippen molar-refractivity contribution in [1.82, 2.24) is 15.5 Å². The maximum atomic E-state index is 13.4. The molecule has 2 amide bonds. The molecule has 0 fully saturated rings. The molecule has 3 aromatic rings. The van der Waals surface area contributed by atoms with E-state index in [9.17, 15) is 9.59 Å². The Balaban J connectivity index is 1.82. The number of benzene rings is 3. The number of hydrogen-bond acceptors (Lipinski definition) is 3. The molecule has 0 saturated carbocycles. The van der Waals surface area contributed by atoms with Gasteiger partial charge in [0.25, 0.3) is 0 Å². The van der Waals surface area contributed by atoms with E-state index in [1.807, 2.05) is 48.5 Å². The minimum Gasteiger partial charge on any atom is -0.357 e. The van der Waals surface area contributed by atoms with Gasteiger partial charge < -0.3 is 15.5 Å². The lowest BCUT2D eigenvalue weighted by molar-refractivity contribution is -0.140. The van der Waals surface area contributed by atoms with Gasteiger partial charge in [-0.15, -0.1) is 0 Å². The Labute approximate surface area is 178 Å². The number of carbonyl (C=O) groups is 2. The average Bonchev–Trinajstić information content (AvgIpc) is 2.80. The second-order valence-electron chi connectivity index (χ2n) is 7.45. The standard InChI is InChI=1S/C25H29N3O2/c1-26-22(17-20-14-9-13-19-12-7-8-15-21(19)20)25(30)28(3)23(24(29)27-2)16-18-10-5-4-6-11-18/h4-15,22-23,26H,16-17H2,1-3H3,(H,27,29). The van der Waals surface area contributed by atoms with Gasteiger partial charge in [-0.2, -0.15) is 0 Å². The summed E-state index contributed by atoms with van der Waals surface area (Å²) in [6.07, 6.45) is 1.01. The lowest BCUT2D eigenvalue weighted by atomic mass is 9.97. The number of amides is 2. The SMILES string of the molecule is CNC(=O)C(Cc1ccccc1)N(C)C(=O)C(Cc1cccc2ccccc12)NC. The molecule has 0 aliphatic heterocycles. The summed E-state index contributed by atoms with van der Waals surface area (Å²) in [5.41, 5.74) is 2.12. The summed E-state index contributed by atoms with van der Waals surface area (Å²) in [6.45, 7) is 0. The van der Waals surface area contributed by atoms with Crippen molar-refractivity contribution in [3.63, 3.8) is 0 Å². The minimum absolute atomic E-state index is 0.102. The zero-order valence-electron chi connectivity index (χ0n) is 17.8. The molecule has 0 aliphatic carbocycles. The van der Waals surface area contributed by atoms with Crippen LogP contribution in [-0.4, -0.2) is 49.9 Å². The highest BCUT2D eigenvalue weighted by atomic mass is 16.2. The number of likely N-dealkylation sites (N-methyl/N-ethyl adjacent to an activating group) is 3. The van der Waals surface area contributed by atoms with E-state index in [-0.39, 0.29) is 11.8 Å². The molecule has 0 aromatic heterocycles. The van der Waals surface area contributed by atoms with Gasteiger partial charge in [0, 0.05) is 20.5 Å². The first-order valence-electron chi connectivity index (χ1n) is 10.2. The van der Waals surface area contributed by atoms with E-state index in [0.717, 1.165) is 21.9 Å². The number of hydrogen-bond donors (Lipinski definition) is 2. The van der Waals surface area contributed by atoms with Crippen molar-refractivity contribution in [2.45, 2.75) is 24.9 Å². The number of carbonyl (C=O) groups excluding carboxylic acids is 2. The van der Waals surface area contributed by atoms with Gasteiger partial charge in [0.15, 0.2) is 0 Å². The molecule has 0 saturated heterocycles. The number of nitrogens with zero attached hydrogens (tertiary/aromatic N) is 1. The molecule has 2 N–H and O–H groups in total. The van der Waals surface area contributed by atoms with Crippen molar-refractivity contribution in [2.24, 2.45) is 0 Å². The van der Waals surface area contributed by atoms with Crippen LogP contribution in [0.15, 0.2) is 72.8 Å². The molecule has 30 heavy (non-hydrogen) atoms. The Kier molecular flexibility index (Phi) is 7.20. The highest BCUT2D eigenvalue weighted by Crippen LogP contribution is 2.20. The van der Waals surface area contributed by atoms with Crippen molar-refractivity contribution in [2.75, 3.05) is 21.1 Å². The minimum atomic E-state index is -0.576. The van der Waals surface area contributed by atoms with Gasteiger partial charge in [-0.1, -0.05) is 72.8 Å². The summed E-state index contributed by atoms with van der Waals surface area (Å²) in [7, 11) is 5.09. The molecule has 0 heterocycles. The molecule has 0 bridgehead atoms. The fraction of sp³-hybridized carbons (Fsp3) is 0.280. The molecule has 3 aromatic carbocycles. The van der Waals surface area contributed by atoms with Crippen LogP contribution in [0, 0.1) is 0 Å². The lowest BCUT2D eigenvalue weighted by Crippen LogP contribution is -2.54. The van der Waals surface area contributed by atoms with Crippen LogP contribution >= 0.6 is 0 Å². The predicted octanol–water partition coefficient (Wildman–Crippen LogP) is 2.79. The molecule has 3 rings (SSSR count). The first kappa shape index (κ1) is 21.5. The maximum absolute atomic E-state index is 13.4. The van der Waals surface area contributed by atoms with Gasteiger partial charge in [-0.25, -0.2) is 0 Å². The van der Waals surface area contributed by atoms with E-state index >= 15 is 0 Å². The molecular weight excluding hydrogens is 374 g/mol. The van der Waals surface area contributed by atoms with Crippen LogP contribution in [0.4, 0.5) is 0 Å². The molecule has 156 valence electrons. The Morgan fingerprint density at radius 2 is 1.53 bits per heavy atom. The number of fused-ring (bicyclic) bond motifs is 1. The summed E-state index contributed by atoms with van der Waals surface area (Å²) in [4.78, 5) is 27.5. The van der Waals surface area contributed by atoms with Crippen LogP contribution in [-0.2, 0) is 22.4 Å². The second kappa shape index (κ2) is 10.0. The lowest BCUT2D eigenvalue weighted by Gasteiger charge is -2.30. The summed E-state index contributed by atoms with van der Waals surface area (Å²) in [5, 5.41) is 8.14. The van der Waals surface area contributed by atoms with Gasteiger partial charge in [0.05, 0.1) is 6.04 Å². The highest BCUT2D eigenvalue weighted by Gasteiger charge is 2.30. The third-order valence-electron chi connectivity index (χ3n) is 5.59. The zero-order valence-corrected chi connectivity index (χ0v) is 17.8. The molecule has 0 spiro atoms.